The molecule has 1 N–H and O–H groups in total. The zero-order chi connectivity index (χ0) is 18.4. The van der Waals surface area contributed by atoms with Crippen LogP contribution in [0, 0.1) is 5.92 Å². The SMILES string of the molecule is COc1cccc(C(O)(c2ccccc2)C2CCN(CCCCl)CC2)c1. The van der Waals surface area contributed by atoms with E-state index in [0.717, 1.165) is 55.8 Å². The number of aliphatic hydroxyl groups is 1. The topological polar surface area (TPSA) is 32.7 Å². The molecule has 0 amide bonds. The van der Waals surface area contributed by atoms with Crippen molar-refractivity contribution in [3.63, 3.8) is 0 Å². The van der Waals surface area contributed by atoms with Crippen molar-refractivity contribution in [2.24, 2.45) is 5.92 Å². The summed E-state index contributed by atoms with van der Waals surface area (Å²) in [4.78, 5) is 2.45. The van der Waals surface area contributed by atoms with E-state index in [2.05, 4.69) is 4.90 Å². The molecule has 1 atom stereocenters. The van der Waals surface area contributed by atoms with E-state index in [1.807, 2.05) is 54.6 Å². The Morgan fingerprint density at radius 3 is 2.42 bits per heavy atom. The van der Waals surface area contributed by atoms with Crippen molar-refractivity contribution in [2.75, 3.05) is 32.6 Å². The average molecular weight is 374 g/mol. The number of methoxy groups -OCH3 is 1. The smallest absolute Gasteiger partial charge is 0.119 e. The summed E-state index contributed by atoms with van der Waals surface area (Å²) in [5.74, 6) is 1.65. The monoisotopic (exact) mass is 373 g/mol. The number of hydrogen-bond acceptors (Lipinski definition) is 3. The van der Waals surface area contributed by atoms with E-state index in [9.17, 15) is 5.11 Å². The molecule has 0 bridgehead atoms. The Balaban J connectivity index is 1.90. The quantitative estimate of drug-likeness (QED) is 0.735. The van der Waals surface area contributed by atoms with Gasteiger partial charge in [-0.25, -0.2) is 0 Å². The first-order valence-electron chi connectivity index (χ1n) is 9.39. The van der Waals surface area contributed by atoms with Gasteiger partial charge in [0.15, 0.2) is 0 Å². The van der Waals surface area contributed by atoms with Crippen molar-refractivity contribution in [3.05, 3.63) is 65.7 Å². The second kappa shape index (κ2) is 8.90. The zero-order valence-corrected chi connectivity index (χ0v) is 16.2. The van der Waals surface area contributed by atoms with Gasteiger partial charge in [-0.3, -0.25) is 0 Å². The highest BCUT2D eigenvalue weighted by atomic mass is 35.5. The van der Waals surface area contributed by atoms with Crippen LogP contribution in [0.5, 0.6) is 5.75 Å². The van der Waals surface area contributed by atoms with Crippen molar-refractivity contribution in [2.45, 2.75) is 24.9 Å². The molecule has 0 saturated carbocycles. The van der Waals surface area contributed by atoms with Crippen molar-refractivity contribution in [1.29, 1.82) is 0 Å². The number of ether oxygens (including phenoxy) is 1. The van der Waals surface area contributed by atoms with Crippen LogP contribution < -0.4 is 4.74 Å². The van der Waals surface area contributed by atoms with Gasteiger partial charge in [-0.1, -0.05) is 42.5 Å². The third-order valence-electron chi connectivity index (χ3n) is 5.51. The van der Waals surface area contributed by atoms with Gasteiger partial charge in [0.1, 0.15) is 11.4 Å². The molecule has 1 aliphatic heterocycles. The molecule has 1 fully saturated rings. The maximum absolute atomic E-state index is 12.0. The lowest BCUT2D eigenvalue weighted by Crippen LogP contribution is -2.44. The van der Waals surface area contributed by atoms with Gasteiger partial charge >= 0.3 is 0 Å². The molecule has 1 saturated heterocycles. The van der Waals surface area contributed by atoms with Crippen LogP contribution in [0.2, 0.25) is 0 Å². The molecule has 1 aliphatic rings. The second-order valence-corrected chi connectivity index (χ2v) is 7.40. The second-order valence-electron chi connectivity index (χ2n) is 7.02. The third-order valence-corrected chi connectivity index (χ3v) is 5.78. The maximum Gasteiger partial charge on any atom is 0.119 e. The van der Waals surface area contributed by atoms with Crippen LogP contribution in [-0.2, 0) is 5.60 Å². The summed E-state index contributed by atoms with van der Waals surface area (Å²) >= 11 is 5.83. The summed E-state index contributed by atoms with van der Waals surface area (Å²) in [6.45, 7) is 3.04. The van der Waals surface area contributed by atoms with Crippen molar-refractivity contribution in [3.8, 4) is 5.75 Å². The van der Waals surface area contributed by atoms with E-state index < -0.39 is 5.60 Å². The van der Waals surface area contributed by atoms with E-state index in [0.29, 0.717) is 5.88 Å². The van der Waals surface area contributed by atoms with Gasteiger partial charge in [0.2, 0.25) is 0 Å². The Morgan fingerprint density at radius 2 is 1.77 bits per heavy atom. The first-order chi connectivity index (χ1) is 12.7. The van der Waals surface area contributed by atoms with Crippen LogP contribution in [0.15, 0.2) is 54.6 Å². The Kier molecular flexibility index (Phi) is 6.58. The number of benzene rings is 2. The molecule has 26 heavy (non-hydrogen) atoms. The number of piperidine rings is 1. The fraction of sp³-hybridized carbons (Fsp3) is 0.455. The van der Waals surface area contributed by atoms with Crippen LogP contribution in [0.25, 0.3) is 0 Å². The average Bonchev–Trinajstić information content (AvgIpc) is 2.72. The summed E-state index contributed by atoms with van der Waals surface area (Å²) < 4.78 is 5.40. The molecule has 1 heterocycles. The van der Waals surface area contributed by atoms with E-state index >= 15 is 0 Å². The van der Waals surface area contributed by atoms with E-state index in [1.54, 1.807) is 7.11 Å². The molecular weight excluding hydrogens is 346 g/mol. The highest BCUT2D eigenvalue weighted by molar-refractivity contribution is 6.17. The van der Waals surface area contributed by atoms with E-state index in [1.165, 1.54) is 0 Å². The first-order valence-corrected chi connectivity index (χ1v) is 9.92. The molecule has 0 spiro atoms. The Labute approximate surface area is 161 Å². The number of hydrogen-bond donors (Lipinski definition) is 1. The molecular formula is C22H28ClNO2. The molecule has 0 aromatic heterocycles. The lowest BCUT2D eigenvalue weighted by atomic mass is 9.72. The molecule has 140 valence electrons. The van der Waals surface area contributed by atoms with E-state index in [4.69, 9.17) is 16.3 Å². The van der Waals surface area contributed by atoms with Crippen molar-refractivity contribution in [1.82, 2.24) is 4.90 Å². The minimum atomic E-state index is -1.01. The minimum absolute atomic E-state index is 0.171. The minimum Gasteiger partial charge on any atom is -0.497 e. The predicted molar refractivity (Wildman–Crippen MR) is 107 cm³/mol. The van der Waals surface area contributed by atoms with Gasteiger partial charge < -0.3 is 14.7 Å². The molecule has 3 rings (SSSR count). The number of halogens is 1. The Morgan fingerprint density at radius 1 is 1.08 bits per heavy atom. The van der Waals surface area contributed by atoms with Crippen LogP contribution in [-0.4, -0.2) is 42.6 Å². The normalized spacial score (nSPS) is 18.4. The van der Waals surface area contributed by atoms with Gasteiger partial charge in [0.05, 0.1) is 7.11 Å². The largest absolute Gasteiger partial charge is 0.497 e. The van der Waals surface area contributed by atoms with Gasteiger partial charge in [0, 0.05) is 5.88 Å². The number of nitrogens with zero attached hydrogens (tertiary/aromatic N) is 1. The number of likely N-dealkylation sites (tertiary alicyclic amines) is 1. The molecule has 2 aromatic rings. The number of alkyl halides is 1. The summed E-state index contributed by atoms with van der Waals surface area (Å²) in [5, 5.41) is 12.0. The van der Waals surface area contributed by atoms with Gasteiger partial charge in [-0.15, -0.1) is 11.6 Å². The van der Waals surface area contributed by atoms with Crippen LogP contribution in [0.1, 0.15) is 30.4 Å². The molecule has 1 unspecified atom stereocenters. The Hall–Kier alpha value is -1.55. The highest BCUT2D eigenvalue weighted by Gasteiger charge is 2.41. The van der Waals surface area contributed by atoms with Crippen molar-refractivity contribution >= 4 is 11.6 Å². The van der Waals surface area contributed by atoms with Crippen LogP contribution in [0.4, 0.5) is 0 Å². The highest BCUT2D eigenvalue weighted by Crippen LogP contribution is 2.42. The predicted octanol–water partition coefficient (Wildman–Crippen LogP) is 4.27. The number of rotatable bonds is 7. The lowest BCUT2D eigenvalue weighted by Gasteiger charge is -2.42. The zero-order valence-electron chi connectivity index (χ0n) is 15.4. The molecule has 4 heteroatoms. The summed E-state index contributed by atoms with van der Waals surface area (Å²) in [6, 6.07) is 17.9. The van der Waals surface area contributed by atoms with Gasteiger partial charge in [-0.2, -0.15) is 0 Å². The third kappa shape index (κ3) is 4.06. The molecule has 0 aliphatic carbocycles. The van der Waals surface area contributed by atoms with Crippen molar-refractivity contribution < 1.29 is 9.84 Å². The maximum atomic E-state index is 12.0. The first kappa shape index (κ1) is 19.2. The summed E-state index contributed by atoms with van der Waals surface area (Å²) in [7, 11) is 1.66. The van der Waals surface area contributed by atoms with Crippen LogP contribution in [0.3, 0.4) is 0 Å². The van der Waals surface area contributed by atoms with Crippen LogP contribution >= 0.6 is 11.6 Å². The lowest BCUT2D eigenvalue weighted by molar-refractivity contribution is -0.0142. The fourth-order valence-corrected chi connectivity index (χ4v) is 4.17. The molecule has 3 nitrogen and oxygen atoms in total. The summed E-state index contributed by atoms with van der Waals surface area (Å²) in [6.07, 6.45) is 2.95. The molecule has 2 aromatic carbocycles. The summed E-state index contributed by atoms with van der Waals surface area (Å²) in [5.41, 5.74) is 0.851. The Bertz CT molecular complexity index is 686. The van der Waals surface area contributed by atoms with E-state index in [-0.39, 0.29) is 5.92 Å². The molecule has 0 radical (unpaired) electrons. The van der Waals surface area contributed by atoms with Gasteiger partial charge in [-0.05, 0) is 68.1 Å². The fourth-order valence-electron chi connectivity index (χ4n) is 4.05. The van der Waals surface area contributed by atoms with Gasteiger partial charge in [0.25, 0.3) is 0 Å². The standard InChI is InChI=1S/C22H28ClNO2/c1-26-21-10-5-9-20(17-21)22(25,18-7-3-2-4-8-18)19-11-15-24(16-12-19)14-6-13-23/h2-5,7-10,17,19,25H,6,11-16H2,1H3.